The molecule has 0 fully saturated rings. The smallest absolute Gasteiger partial charge is 0.252 e. The van der Waals surface area contributed by atoms with Crippen LogP contribution in [0.4, 0.5) is 4.39 Å². The highest BCUT2D eigenvalue weighted by Gasteiger charge is 2.19. The first-order valence-corrected chi connectivity index (χ1v) is 3.05. The van der Waals surface area contributed by atoms with Crippen LogP contribution in [0.1, 0.15) is 11.8 Å². The van der Waals surface area contributed by atoms with Crippen LogP contribution in [0.3, 0.4) is 0 Å². The highest BCUT2D eigenvalue weighted by atomic mass is 19.1. The van der Waals surface area contributed by atoms with Crippen LogP contribution in [0, 0.1) is 5.82 Å². The molecule has 0 aliphatic rings. The molecule has 6 heteroatoms. The van der Waals surface area contributed by atoms with E-state index in [-0.39, 0.29) is 0 Å². The molecule has 0 aliphatic heterocycles. The molecule has 0 saturated heterocycles. The number of hydrogen-bond acceptors (Lipinski definition) is 4. The molecule has 1 rings (SSSR count). The Bertz CT molecular complexity index is 305. The fourth-order valence-corrected chi connectivity index (χ4v) is 0.658. The molecule has 1 aromatic rings. The first-order valence-electron chi connectivity index (χ1n) is 3.05. The standard InChI is InChI=1S/C6H6FN3O2/c7-3-1-9-2-10-4(3)5(11)6(8)12/h1-2,5,11H,(H2,8,12). The number of nitrogens with zero attached hydrogens (tertiary/aromatic N) is 2. The second-order valence-corrected chi connectivity index (χ2v) is 2.06. The Kier molecular flexibility index (Phi) is 2.29. The van der Waals surface area contributed by atoms with Crippen molar-refractivity contribution in [2.24, 2.45) is 5.73 Å². The molecule has 0 spiro atoms. The van der Waals surface area contributed by atoms with Gasteiger partial charge in [-0.3, -0.25) is 4.79 Å². The van der Waals surface area contributed by atoms with Gasteiger partial charge in [-0.15, -0.1) is 0 Å². The van der Waals surface area contributed by atoms with Gasteiger partial charge >= 0.3 is 0 Å². The third-order valence-corrected chi connectivity index (χ3v) is 1.22. The molecule has 0 aromatic carbocycles. The van der Waals surface area contributed by atoms with E-state index in [9.17, 15) is 9.18 Å². The molecule has 1 heterocycles. The molecule has 1 amide bonds. The van der Waals surface area contributed by atoms with Gasteiger partial charge in [-0.25, -0.2) is 14.4 Å². The Balaban J connectivity index is 3.02. The Morgan fingerprint density at radius 1 is 1.75 bits per heavy atom. The predicted molar refractivity (Wildman–Crippen MR) is 36.1 cm³/mol. The predicted octanol–water partition coefficient (Wildman–Crippen LogP) is -0.866. The van der Waals surface area contributed by atoms with Crippen molar-refractivity contribution in [3.63, 3.8) is 0 Å². The molecule has 0 saturated carbocycles. The summed E-state index contributed by atoms with van der Waals surface area (Å²) in [5.41, 5.74) is 4.32. The van der Waals surface area contributed by atoms with Crippen LogP contribution in [0.25, 0.3) is 0 Å². The van der Waals surface area contributed by atoms with Gasteiger partial charge in [0.15, 0.2) is 11.9 Å². The Hall–Kier alpha value is -1.56. The maximum Gasteiger partial charge on any atom is 0.252 e. The summed E-state index contributed by atoms with van der Waals surface area (Å²) in [6.07, 6.45) is 0.145. The van der Waals surface area contributed by atoms with Gasteiger partial charge in [0.1, 0.15) is 12.0 Å². The normalized spacial score (nSPS) is 12.5. The Morgan fingerprint density at radius 3 is 2.92 bits per heavy atom. The SMILES string of the molecule is NC(=O)C(O)c1ncncc1F. The van der Waals surface area contributed by atoms with Crippen molar-refractivity contribution in [3.8, 4) is 0 Å². The number of aliphatic hydroxyl groups excluding tert-OH is 1. The van der Waals surface area contributed by atoms with E-state index < -0.39 is 23.5 Å². The van der Waals surface area contributed by atoms with E-state index >= 15 is 0 Å². The van der Waals surface area contributed by atoms with Crippen LogP contribution in [-0.4, -0.2) is 21.0 Å². The zero-order chi connectivity index (χ0) is 9.14. The number of aliphatic hydroxyl groups is 1. The van der Waals surface area contributed by atoms with Gasteiger partial charge in [-0.1, -0.05) is 0 Å². The number of carbonyl (C=O) groups excluding carboxylic acids is 1. The fourth-order valence-electron chi connectivity index (χ4n) is 0.658. The summed E-state index contributed by atoms with van der Waals surface area (Å²) in [5.74, 6) is -1.91. The van der Waals surface area contributed by atoms with Gasteiger partial charge in [0.25, 0.3) is 5.91 Å². The van der Waals surface area contributed by atoms with Gasteiger partial charge in [0.05, 0.1) is 6.20 Å². The second kappa shape index (κ2) is 3.22. The molecule has 5 nitrogen and oxygen atoms in total. The van der Waals surface area contributed by atoms with Crippen LogP contribution in [0.15, 0.2) is 12.5 Å². The van der Waals surface area contributed by atoms with Crippen LogP contribution in [-0.2, 0) is 4.79 Å². The zero-order valence-electron chi connectivity index (χ0n) is 5.94. The van der Waals surface area contributed by atoms with Crippen LogP contribution >= 0.6 is 0 Å². The minimum Gasteiger partial charge on any atom is -0.377 e. The first kappa shape index (κ1) is 8.54. The summed E-state index contributed by atoms with van der Waals surface area (Å²) in [6.45, 7) is 0. The van der Waals surface area contributed by atoms with Crippen molar-refractivity contribution >= 4 is 5.91 Å². The lowest BCUT2D eigenvalue weighted by Gasteiger charge is -2.04. The minimum atomic E-state index is -1.71. The van der Waals surface area contributed by atoms with Gasteiger partial charge < -0.3 is 10.8 Å². The maximum atomic E-state index is 12.7. The molecule has 1 aromatic heterocycles. The number of carbonyl (C=O) groups is 1. The molecular weight excluding hydrogens is 165 g/mol. The van der Waals surface area contributed by atoms with Crippen molar-refractivity contribution in [1.82, 2.24) is 9.97 Å². The van der Waals surface area contributed by atoms with Crippen molar-refractivity contribution in [2.75, 3.05) is 0 Å². The Morgan fingerprint density at radius 2 is 2.42 bits per heavy atom. The molecule has 0 aliphatic carbocycles. The third kappa shape index (κ3) is 1.54. The summed E-state index contributed by atoms with van der Waals surface area (Å²) in [7, 11) is 0. The number of aromatic nitrogens is 2. The molecule has 1 unspecified atom stereocenters. The molecule has 1 atom stereocenters. The van der Waals surface area contributed by atoms with Gasteiger partial charge in [-0.05, 0) is 0 Å². The van der Waals surface area contributed by atoms with E-state index in [1.165, 1.54) is 0 Å². The molecule has 12 heavy (non-hydrogen) atoms. The van der Waals surface area contributed by atoms with Crippen molar-refractivity contribution in [2.45, 2.75) is 6.10 Å². The largest absolute Gasteiger partial charge is 0.377 e. The zero-order valence-corrected chi connectivity index (χ0v) is 5.94. The first-order chi connectivity index (χ1) is 5.63. The number of halogens is 1. The van der Waals surface area contributed by atoms with Crippen LogP contribution in [0.5, 0.6) is 0 Å². The lowest BCUT2D eigenvalue weighted by atomic mass is 10.2. The second-order valence-electron chi connectivity index (χ2n) is 2.06. The molecular formula is C6H6FN3O2. The number of primary amides is 1. The lowest BCUT2D eigenvalue weighted by Crippen LogP contribution is -2.22. The minimum absolute atomic E-state index is 0.405. The van der Waals surface area contributed by atoms with E-state index in [0.29, 0.717) is 0 Å². The summed E-state index contributed by atoms with van der Waals surface area (Å²) < 4.78 is 12.7. The molecule has 0 bridgehead atoms. The lowest BCUT2D eigenvalue weighted by molar-refractivity contribution is -0.126. The number of hydrogen-bond donors (Lipinski definition) is 2. The molecule has 0 radical (unpaired) electrons. The summed E-state index contributed by atoms with van der Waals surface area (Å²) in [6, 6.07) is 0. The van der Waals surface area contributed by atoms with Crippen LogP contribution in [0.2, 0.25) is 0 Å². The highest BCUT2D eigenvalue weighted by Crippen LogP contribution is 2.11. The topological polar surface area (TPSA) is 89.1 Å². The van der Waals surface area contributed by atoms with E-state index in [1.54, 1.807) is 0 Å². The monoisotopic (exact) mass is 171 g/mol. The number of nitrogens with two attached hydrogens (primary N) is 1. The average Bonchev–Trinajstić information content (AvgIpc) is 2.04. The number of rotatable bonds is 2. The van der Waals surface area contributed by atoms with Gasteiger partial charge in [-0.2, -0.15) is 0 Å². The Labute approximate surface area is 67.1 Å². The van der Waals surface area contributed by atoms with E-state index in [4.69, 9.17) is 10.8 Å². The van der Waals surface area contributed by atoms with E-state index in [0.717, 1.165) is 12.5 Å². The highest BCUT2D eigenvalue weighted by molar-refractivity contribution is 5.79. The third-order valence-electron chi connectivity index (χ3n) is 1.22. The van der Waals surface area contributed by atoms with Gasteiger partial charge in [0, 0.05) is 0 Å². The average molecular weight is 171 g/mol. The summed E-state index contributed by atoms with van der Waals surface area (Å²) in [5, 5.41) is 8.97. The van der Waals surface area contributed by atoms with Gasteiger partial charge in [0.2, 0.25) is 0 Å². The number of amides is 1. The molecule has 64 valence electrons. The van der Waals surface area contributed by atoms with E-state index in [1.807, 2.05) is 0 Å². The fraction of sp³-hybridized carbons (Fsp3) is 0.167. The summed E-state index contributed by atoms with van der Waals surface area (Å²) in [4.78, 5) is 17.1. The van der Waals surface area contributed by atoms with Crippen molar-refractivity contribution in [1.29, 1.82) is 0 Å². The van der Waals surface area contributed by atoms with Crippen molar-refractivity contribution < 1.29 is 14.3 Å². The van der Waals surface area contributed by atoms with E-state index in [2.05, 4.69) is 9.97 Å². The maximum absolute atomic E-state index is 12.7. The van der Waals surface area contributed by atoms with Crippen LogP contribution < -0.4 is 5.73 Å². The summed E-state index contributed by atoms with van der Waals surface area (Å²) >= 11 is 0. The van der Waals surface area contributed by atoms with Crippen molar-refractivity contribution in [3.05, 3.63) is 24.0 Å². The molecule has 3 N–H and O–H groups in total. The quantitative estimate of drug-likeness (QED) is 0.605.